The van der Waals surface area contributed by atoms with Crippen molar-refractivity contribution in [3.63, 3.8) is 0 Å². The first kappa shape index (κ1) is 15.9. The van der Waals surface area contributed by atoms with Gasteiger partial charge in [-0.3, -0.25) is 9.59 Å². The third kappa shape index (κ3) is 4.28. The molecule has 0 aliphatic rings. The highest BCUT2D eigenvalue weighted by atomic mass is 16.2. The van der Waals surface area contributed by atoms with Gasteiger partial charge in [-0.05, 0) is 24.5 Å². The largest absolute Gasteiger partial charge is 0.356 e. The van der Waals surface area contributed by atoms with Crippen molar-refractivity contribution in [3.05, 3.63) is 64.6 Å². The van der Waals surface area contributed by atoms with E-state index >= 15 is 0 Å². The van der Waals surface area contributed by atoms with Gasteiger partial charge in [0.05, 0.1) is 5.92 Å². The quantitative estimate of drug-likeness (QED) is 0.795. The van der Waals surface area contributed by atoms with Crippen LogP contribution in [0.25, 0.3) is 0 Å². The van der Waals surface area contributed by atoms with Crippen molar-refractivity contribution in [1.29, 1.82) is 0 Å². The van der Waals surface area contributed by atoms with Crippen LogP contribution in [0.4, 0.5) is 0 Å². The highest BCUT2D eigenvalue weighted by Crippen LogP contribution is 2.18. The van der Waals surface area contributed by atoms with E-state index < -0.39 is 0 Å². The summed E-state index contributed by atoms with van der Waals surface area (Å²) in [7, 11) is 0. The van der Waals surface area contributed by atoms with Crippen LogP contribution in [-0.4, -0.2) is 22.2 Å². The molecule has 0 aliphatic heterocycles. The minimum Gasteiger partial charge on any atom is -0.356 e. The number of hydrogen-bond donors (Lipinski definition) is 1. The lowest BCUT2D eigenvalue weighted by atomic mass is 9.96. The zero-order chi connectivity index (χ0) is 15.8. The number of rotatable bonds is 7. The average Bonchev–Trinajstić information content (AvgIpc) is 2.55. The van der Waals surface area contributed by atoms with E-state index in [1.165, 1.54) is 10.7 Å². The number of aryl methyl sites for hydroxylation is 1. The fourth-order valence-corrected chi connectivity index (χ4v) is 2.38. The van der Waals surface area contributed by atoms with Gasteiger partial charge in [-0.2, -0.15) is 5.10 Å². The SMILES string of the molecule is CCC(C(=O)NCCCn1ncccc1=O)c1ccccc1. The Kier molecular flexibility index (Phi) is 5.89. The Hall–Kier alpha value is -2.43. The van der Waals surface area contributed by atoms with E-state index in [1.807, 2.05) is 37.3 Å². The van der Waals surface area contributed by atoms with E-state index in [4.69, 9.17) is 0 Å². The molecule has 2 rings (SSSR count). The van der Waals surface area contributed by atoms with E-state index in [2.05, 4.69) is 10.4 Å². The molecular weight excluding hydrogens is 278 g/mol. The minimum atomic E-state index is -0.126. The minimum absolute atomic E-state index is 0.0297. The molecule has 22 heavy (non-hydrogen) atoms. The van der Waals surface area contributed by atoms with Gasteiger partial charge >= 0.3 is 0 Å². The second kappa shape index (κ2) is 8.12. The maximum atomic E-state index is 12.3. The number of benzene rings is 1. The molecule has 0 spiro atoms. The molecule has 2 aromatic rings. The standard InChI is InChI=1S/C17H21N3O2/c1-2-15(14-8-4-3-5-9-14)17(22)18-11-7-13-20-16(21)10-6-12-19-20/h3-6,8-10,12,15H,2,7,11,13H2,1H3,(H,18,22). The summed E-state index contributed by atoms with van der Waals surface area (Å²) in [5.41, 5.74) is 0.910. The molecule has 5 nitrogen and oxygen atoms in total. The summed E-state index contributed by atoms with van der Waals surface area (Å²) in [6.45, 7) is 3.04. The van der Waals surface area contributed by atoms with E-state index in [1.54, 1.807) is 12.3 Å². The van der Waals surface area contributed by atoms with E-state index in [0.29, 0.717) is 19.5 Å². The monoisotopic (exact) mass is 299 g/mol. The topological polar surface area (TPSA) is 64.0 Å². The lowest BCUT2D eigenvalue weighted by Crippen LogP contribution is -2.31. The van der Waals surface area contributed by atoms with Crippen LogP contribution >= 0.6 is 0 Å². The van der Waals surface area contributed by atoms with Crippen LogP contribution in [0.3, 0.4) is 0 Å². The smallest absolute Gasteiger partial charge is 0.266 e. The molecule has 0 fully saturated rings. The molecule has 0 aliphatic carbocycles. The first-order chi connectivity index (χ1) is 10.7. The van der Waals surface area contributed by atoms with Crippen molar-refractivity contribution in [3.8, 4) is 0 Å². The summed E-state index contributed by atoms with van der Waals surface area (Å²) < 4.78 is 1.40. The molecule has 116 valence electrons. The van der Waals surface area contributed by atoms with Gasteiger partial charge in [-0.15, -0.1) is 0 Å². The highest BCUT2D eigenvalue weighted by Gasteiger charge is 2.17. The van der Waals surface area contributed by atoms with Crippen molar-refractivity contribution in [2.75, 3.05) is 6.54 Å². The average molecular weight is 299 g/mol. The molecule has 0 saturated heterocycles. The van der Waals surface area contributed by atoms with Gasteiger partial charge < -0.3 is 5.32 Å². The number of carbonyl (C=O) groups excluding carboxylic acids is 1. The van der Waals surface area contributed by atoms with Crippen molar-refractivity contribution < 1.29 is 4.79 Å². The second-order valence-electron chi connectivity index (χ2n) is 5.10. The molecule has 1 unspecified atom stereocenters. The van der Waals surface area contributed by atoms with Crippen molar-refractivity contribution in [1.82, 2.24) is 15.1 Å². The summed E-state index contributed by atoms with van der Waals surface area (Å²) in [6, 6.07) is 12.9. The van der Waals surface area contributed by atoms with Crippen LogP contribution in [0.15, 0.2) is 53.5 Å². The van der Waals surface area contributed by atoms with Crippen LogP contribution in [0.2, 0.25) is 0 Å². The lowest BCUT2D eigenvalue weighted by molar-refractivity contribution is -0.122. The molecule has 1 aromatic carbocycles. The maximum Gasteiger partial charge on any atom is 0.266 e. The van der Waals surface area contributed by atoms with Gasteiger partial charge in [0, 0.05) is 25.4 Å². The van der Waals surface area contributed by atoms with Gasteiger partial charge in [0.25, 0.3) is 5.56 Å². The number of nitrogens with zero attached hydrogens (tertiary/aromatic N) is 2. The number of nitrogens with one attached hydrogen (secondary N) is 1. The van der Waals surface area contributed by atoms with Gasteiger partial charge in [0.1, 0.15) is 0 Å². The van der Waals surface area contributed by atoms with Crippen LogP contribution in [0, 0.1) is 0 Å². The zero-order valence-electron chi connectivity index (χ0n) is 12.7. The Labute approximate surface area is 130 Å². The number of amides is 1. The fraction of sp³-hybridized carbons (Fsp3) is 0.353. The normalized spacial score (nSPS) is 11.9. The molecule has 1 N–H and O–H groups in total. The summed E-state index contributed by atoms with van der Waals surface area (Å²) >= 11 is 0. The van der Waals surface area contributed by atoms with Crippen LogP contribution in [0.5, 0.6) is 0 Å². The Morgan fingerprint density at radius 2 is 2.00 bits per heavy atom. The Morgan fingerprint density at radius 3 is 2.68 bits per heavy atom. The van der Waals surface area contributed by atoms with Crippen LogP contribution in [0.1, 0.15) is 31.2 Å². The van der Waals surface area contributed by atoms with E-state index in [0.717, 1.165) is 12.0 Å². The van der Waals surface area contributed by atoms with Crippen molar-refractivity contribution >= 4 is 5.91 Å². The summed E-state index contributed by atoms with van der Waals surface area (Å²) in [4.78, 5) is 23.8. The second-order valence-corrected chi connectivity index (χ2v) is 5.10. The van der Waals surface area contributed by atoms with Gasteiger partial charge in [-0.1, -0.05) is 37.3 Å². The van der Waals surface area contributed by atoms with Crippen molar-refractivity contribution in [2.45, 2.75) is 32.2 Å². The van der Waals surface area contributed by atoms with E-state index in [-0.39, 0.29) is 17.4 Å². The molecule has 1 heterocycles. The number of carbonyl (C=O) groups is 1. The maximum absolute atomic E-state index is 12.3. The van der Waals surface area contributed by atoms with E-state index in [9.17, 15) is 9.59 Å². The highest BCUT2D eigenvalue weighted by molar-refractivity contribution is 5.83. The van der Waals surface area contributed by atoms with Crippen LogP contribution in [-0.2, 0) is 11.3 Å². The van der Waals surface area contributed by atoms with Gasteiger partial charge in [-0.25, -0.2) is 4.68 Å². The number of aromatic nitrogens is 2. The Bertz CT molecular complexity index is 652. The molecule has 5 heteroatoms. The molecule has 1 atom stereocenters. The summed E-state index contributed by atoms with van der Waals surface area (Å²) in [5, 5.41) is 6.93. The first-order valence-corrected chi connectivity index (χ1v) is 7.57. The first-order valence-electron chi connectivity index (χ1n) is 7.57. The van der Waals surface area contributed by atoms with Crippen molar-refractivity contribution in [2.24, 2.45) is 0 Å². The fourth-order valence-electron chi connectivity index (χ4n) is 2.38. The zero-order valence-corrected chi connectivity index (χ0v) is 12.7. The third-order valence-corrected chi connectivity index (χ3v) is 3.56. The molecule has 0 saturated carbocycles. The molecule has 1 amide bonds. The summed E-state index contributed by atoms with van der Waals surface area (Å²) in [5.74, 6) is -0.0964. The Balaban J connectivity index is 1.82. The van der Waals surface area contributed by atoms with Gasteiger partial charge in [0.2, 0.25) is 5.91 Å². The Morgan fingerprint density at radius 1 is 1.23 bits per heavy atom. The number of hydrogen-bond acceptors (Lipinski definition) is 3. The lowest BCUT2D eigenvalue weighted by Gasteiger charge is -2.15. The predicted molar refractivity (Wildman–Crippen MR) is 85.6 cm³/mol. The molecule has 1 aromatic heterocycles. The molecule has 0 radical (unpaired) electrons. The third-order valence-electron chi connectivity index (χ3n) is 3.56. The van der Waals surface area contributed by atoms with Gasteiger partial charge in [0.15, 0.2) is 0 Å². The molecule has 0 bridgehead atoms. The predicted octanol–water partition coefficient (Wildman–Crippen LogP) is 1.94. The molecular formula is C17H21N3O2. The summed E-state index contributed by atoms with van der Waals surface area (Å²) in [6.07, 6.45) is 3.02. The van der Waals surface area contributed by atoms with Crippen LogP contribution < -0.4 is 10.9 Å².